The van der Waals surface area contributed by atoms with Crippen LogP contribution < -0.4 is 5.32 Å². The van der Waals surface area contributed by atoms with E-state index in [2.05, 4.69) is 5.32 Å². The number of carbonyl (C=O) groups is 2. The molecule has 0 radical (unpaired) electrons. The minimum absolute atomic E-state index is 0.0256. The summed E-state index contributed by atoms with van der Waals surface area (Å²) in [6.45, 7) is 3.53. The van der Waals surface area contributed by atoms with Gasteiger partial charge in [-0.1, -0.05) is 36.4 Å². The van der Waals surface area contributed by atoms with Crippen LogP contribution in [0.3, 0.4) is 0 Å². The predicted molar refractivity (Wildman–Crippen MR) is 107 cm³/mol. The lowest BCUT2D eigenvalue weighted by Gasteiger charge is -2.35. The standard InChI is InChI=1S/C22H24N2O4/c1-14(25)23-13-15-9-11-24(12-10-15)20(22(26)27)18-7-4-6-17-16-5-2-3-8-19(16)28-21(17)18/h2-8,15,20H,9-13H2,1H3,(H,23,25)(H,26,27)/t20-/m1/s1. The van der Waals surface area contributed by atoms with E-state index in [0.29, 0.717) is 36.7 Å². The Balaban J connectivity index is 1.63. The molecule has 2 heterocycles. The third-order valence-corrected chi connectivity index (χ3v) is 5.62. The maximum Gasteiger partial charge on any atom is 0.325 e. The van der Waals surface area contributed by atoms with E-state index in [1.165, 1.54) is 6.92 Å². The van der Waals surface area contributed by atoms with Crippen molar-refractivity contribution in [3.63, 3.8) is 0 Å². The van der Waals surface area contributed by atoms with Gasteiger partial charge in [0.2, 0.25) is 5.91 Å². The number of furan rings is 1. The normalized spacial score (nSPS) is 17.0. The van der Waals surface area contributed by atoms with E-state index < -0.39 is 12.0 Å². The third-order valence-electron chi connectivity index (χ3n) is 5.62. The van der Waals surface area contributed by atoms with Gasteiger partial charge in [-0.2, -0.15) is 0 Å². The van der Waals surface area contributed by atoms with Crippen LogP contribution in [0.5, 0.6) is 0 Å². The van der Waals surface area contributed by atoms with Crippen molar-refractivity contribution >= 4 is 33.8 Å². The number of carboxylic acids is 1. The lowest BCUT2D eigenvalue weighted by Crippen LogP contribution is -2.42. The molecule has 4 rings (SSSR count). The number of hydrogen-bond acceptors (Lipinski definition) is 4. The molecule has 1 fully saturated rings. The smallest absolute Gasteiger partial charge is 0.325 e. The molecule has 3 aromatic rings. The summed E-state index contributed by atoms with van der Waals surface area (Å²) in [5, 5.41) is 14.8. The average Bonchev–Trinajstić information content (AvgIpc) is 3.07. The van der Waals surface area contributed by atoms with Gasteiger partial charge in [0.25, 0.3) is 0 Å². The fourth-order valence-corrected chi connectivity index (χ4v) is 4.17. The van der Waals surface area contributed by atoms with Crippen LogP contribution >= 0.6 is 0 Å². The highest BCUT2D eigenvalue weighted by atomic mass is 16.4. The molecule has 146 valence electrons. The van der Waals surface area contributed by atoms with Crippen LogP contribution in [0.15, 0.2) is 46.9 Å². The first kappa shape index (κ1) is 18.5. The summed E-state index contributed by atoms with van der Waals surface area (Å²) in [6.07, 6.45) is 1.72. The number of nitrogens with one attached hydrogen (secondary N) is 1. The molecule has 2 N–H and O–H groups in total. The van der Waals surface area contributed by atoms with Crippen LogP contribution in [0.4, 0.5) is 0 Å². The number of likely N-dealkylation sites (tertiary alicyclic amines) is 1. The van der Waals surface area contributed by atoms with Crippen LogP contribution in [-0.2, 0) is 9.59 Å². The van der Waals surface area contributed by atoms with Gasteiger partial charge in [-0.25, -0.2) is 0 Å². The number of piperidine rings is 1. The predicted octanol–water partition coefficient (Wildman–Crippen LogP) is 3.56. The second-order valence-corrected chi connectivity index (χ2v) is 7.48. The molecule has 0 aliphatic carbocycles. The van der Waals surface area contributed by atoms with Gasteiger partial charge >= 0.3 is 5.97 Å². The molecule has 1 aliphatic rings. The lowest BCUT2D eigenvalue weighted by molar-refractivity contribution is -0.144. The molecule has 0 saturated carbocycles. The summed E-state index contributed by atoms with van der Waals surface area (Å²) in [7, 11) is 0. The molecular weight excluding hydrogens is 356 g/mol. The van der Waals surface area contributed by atoms with Gasteiger partial charge < -0.3 is 14.8 Å². The first-order valence-corrected chi connectivity index (χ1v) is 9.66. The van der Waals surface area contributed by atoms with E-state index in [9.17, 15) is 14.7 Å². The molecule has 0 spiro atoms. The van der Waals surface area contributed by atoms with Gasteiger partial charge in [0.1, 0.15) is 17.2 Å². The van der Waals surface area contributed by atoms with E-state index in [-0.39, 0.29) is 5.91 Å². The number of rotatable bonds is 5. The van der Waals surface area contributed by atoms with Crippen molar-refractivity contribution in [2.75, 3.05) is 19.6 Å². The van der Waals surface area contributed by atoms with Crippen LogP contribution in [-0.4, -0.2) is 41.5 Å². The number of aliphatic carboxylic acids is 1. The molecule has 1 aromatic heterocycles. The van der Waals surface area contributed by atoms with Crippen molar-refractivity contribution in [1.29, 1.82) is 0 Å². The molecule has 0 bridgehead atoms. The van der Waals surface area contributed by atoms with Crippen molar-refractivity contribution in [2.24, 2.45) is 5.92 Å². The molecule has 6 heteroatoms. The fourth-order valence-electron chi connectivity index (χ4n) is 4.17. The number of amides is 1. The van der Waals surface area contributed by atoms with Crippen molar-refractivity contribution < 1.29 is 19.1 Å². The Kier molecular flexibility index (Phi) is 5.05. The maximum absolute atomic E-state index is 12.2. The van der Waals surface area contributed by atoms with Gasteiger partial charge in [-0.05, 0) is 37.9 Å². The Morgan fingerprint density at radius 2 is 1.86 bits per heavy atom. The lowest BCUT2D eigenvalue weighted by atomic mass is 9.93. The monoisotopic (exact) mass is 380 g/mol. The number of carbonyl (C=O) groups excluding carboxylic acids is 1. The minimum atomic E-state index is -0.867. The van der Waals surface area contributed by atoms with Crippen molar-refractivity contribution in [2.45, 2.75) is 25.8 Å². The summed E-state index contributed by atoms with van der Waals surface area (Å²) in [4.78, 5) is 25.3. The largest absolute Gasteiger partial charge is 0.480 e. The van der Waals surface area contributed by atoms with Crippen molar-refractivity contribution in [3.8, 4) is 0 Å². The first-order valence-electron chi connectivity index (χ1n) is 9.66. The summed E-state index contributed by atoms with van der Waals surface area (Å²) >= 11 is 0. The van der Waals surface area contributed by atoms with Crippen LogP contribution in [0.1, 0.15) is 31.4 Å². The minimum Gasteiger partial charge on any atom is -0.480 e. The van der Waals surface area contributed by atoms with Gasteiger partial charge in [0, 0.05) is 29.8 Å². The number of hydrogen-bond donors (Lipinski definition) is 2. The molecule has 1 atom stereocenters. The van der Waals surface area contributed by atoms with Crippen LogP contribution in [0, 0.1) is 5.92 Å². The maximum atomic E-state index is 12.2. The van der Waals surface area contributed by atoms with Gasteiger partial charge in [-0.3, -0.25) is 14.5 Å². The summed E-state index contributed by atoms with van der Waals surface area (Å²) < 4.78 is 6.05. The summed E-state index contributed by atoms with van der Waals surface area (Å²) in [5.41, 5.74) is 2.11. The highest BCUT2D eigenvalue weighted by molar-refractivity contribution is 6.06. The number of benzene rings is 2. The van der Waals surface area contributed by atoms with Gasteiger partial charge in [0.15, 0.2) is 0 Å². The van der Waals surface area contributed by atoms with E-state index >= 15 is 0 Å². The molecule has 1 aliphatic heterocycles. The second kappa shape index (κ2) is 7.64. The Morgan fingerprint density at radius 3 is 2.57 bits per heavy atom. The van der Waals surface area contributed by atoms with Crippen molar-refractivity contribution in [3.05, 3.63) is 48.0 Å². The van der Waals surface area contributed by atoms with E-state index in [4.69, 9.17) is 4.42 Å². The fraction of sp³-hybridized carbons (Fsp3) is 0.364. The second-order valence-electron chi connectivity index (χ2n) is 7.48. The SMILES string of the molecule is CC(=O)NCC1CCN([C@@H](C(=O)O)c2cccc3c2oc2ccccc23)CC1. The highest BCUT2D eigenvalue weighted by Gasteiger charge is 2.33. The summed E-state index contributed by atoms with van der Waals surface area (Å²) in [5.74, 6) is -0.507. The molecular formula is C22H24N2O4. The van der Waals surface area contributed by atoms with E-state index in [0.717, 1.165) is 29.2 Å². The Hall–Kier alpha value is -2.86. The highest BCUT2D eigenvalue weighted by Crippen LogP contribution is 2.36. The quantitative estimate of drug-likeness (QED) is 0.707. The molecule has 6 nitrogen and oxygen atoms in total. The molecule has 0 unspecified atom stereocenters. The average molecular weight is 380 g/mol. The zero-order valence-corrected chi connectivity index (χ0v) is 15.9. The molecule has 1 saturated heterocycles. The number of para-hydroxylation sites is 2. The van der Waals surface area contributed by atoms with Gasteiger partial charge in [-0.15, -0.1) is 0 Å². The Morgan fingerprint density at radius 1 is 1.14 bits per heavy atom. The topological polar surface area (TPSA) is 82.8 Å². The molecule has 1 amide bonds. The van der Waals surface area contributed by atoms with E-state index in [1.807, 2.05) is 47.4 Å². The number of nitrogens with zero attached hydrogens (tertiary/aromatic N) is 1. The zero-order chi connectivity index (χ0) is 19.7. The Bertz CT molecular complexity index is 1020. The van der Waals surface area contributed by atoms with E-state index in [1.54, 1.807) is 0 Å². The molecule has 2 aromatic carbocycles. The summed E-state index contributed by atoms with van der Waals surface area (Å²) in [6, 6.07) is 12.8. The van der Waals surface area contributed by atoms with Gasteiger partial charge in [0.05, 0.1) is 0 Å². The first-order chi connectivity index (χ1) is 13.5. The third kappa shape index (κ3) is 3.47. The number of carboxylic acid groups (broad SMARTS) is 1. The Labute approximate surface area is 163 Å². The van der Waals surface area contributed by atoms with Crippen LogP contribution in [0.25, 0.3) is 21.9 Å². The molecule has 28 heavy (non-hydrogen) atoms. The van der Waals surface area contributed by atoms with Crippen LogP contribution in [0.2, 0.25) is 0 Å². The number of fused-ring (bicyclic) bond motifs is 3. The van der Waals surface area contributed by atoms with Crippen molar-refractivity contribution in [1.82, 2.24) is 10.2 Å². The zero-order valence-electron chi connectivity index (χ0n) is 15.9.